The second-order valence-electron chi connectivity index (χ2n) is 4.96. The molecule has 104 valence electrons. The Morgan fingerprint density at radius 1 is 1.10 bits per heavy atom. The van der Waals surface area contributed by atoms with Crippen molar-refractivity contribution in [3.05, 3.63) is 63.6 Å². The van der Waals surface area contributed by atoms with Gasteiger partial charge in [0.25, 0.3) is 0 Å². The van der Waals surface area contributed by atoms with Crippen molar-refractivity contribution in [2.24, 2.45) is 0 Å². The van der Waals surface area contributed by atoms with Gasteiger partial charge in [-0.05, 0) is 35.4 Å². The molecule has 0 amide bonds. The minimum Gasteiger partial charge on any atom is -0.488 e. The van der Waals surface area contributed by atoms with Crippen LogP contribution in [0.3, 0.4) is 0 Å². The van der Waals surface area contributed by atoms with Gasteiger partial charge in [0, 0.05) is 29.6 Å². The summed E-state index contributed by atoms with van der Waals surface area (Å²) in [7, 11) is 0. The van der Waals surface area contributed by atoms with Crippen LogP contribution in [0.4, 0.5) is 0 Å². The highest BCUT2D eigenvalue weighted by Gasteiger charge is 2.21. The van der Waals surface area contributed by atoms with Gasteiger partial charge in [-0.1, -0.05) is 41.4 Å². The third-order valence-corrected chi connectivity index (χ3v) is 3.77. The number of hydrogen-bond donors (Lipinski definition) is 1. The molecule has 0 spiro atoms. The molecule has 0 aromatic heterocycles. The zero-order valence-corrected chi connectivity index (χ0v) is 12.4. The summed E-state index contributed by atoms with van der Waals surface area (Å²) < 4.78 is 5.88. The average Bonchev–Trinajstić information content (AvgIpc) is 2.80. The van der Waals surface area contributed by atoms with Crippen molar-refractivity contribution in [1.29, 1.82) is 0 Å². The molecule has 2 aromatic carbocycles. The molecule has 1 aliphatic heterocycles. The average molecular weight is 308 g/mol. The summed E-state index contributed by atoms with van der Waals surface area (Å²) in [6.07, 6.45) is 1.15. The molecule has 1 atom stereocenters. The standard InChI is InChI=1S/C16H15Cl2NO/c17-13-5-11(6-14(18)8-13)9-19-10-15-7-12-3-1-2-4-16(12)20-15/h1-6,8,15,19H,7,9-10H2. The van der Waals surface area contributed by atoms with E-state index in [-0.39, 0.29) is 6.10 Å². The summed E-state index contributed by atoms with van der Waals surface area (Å²) >= 11 is 12.0. The van der Waals surface area contributed by atoms with Crippen molar-refractivity contribution >= 4 is 23.2 Å². The zero-order chi connectivity index (χ0) is 13.9. The first kappa shape index (κ1) is 13.7. The van der Waals surface area contributed by atoms with E-state index in [1.165, 1.54) is 5.56 Å². The molecule has 20 heavy (non-hydrogen) atoms. The molecule has 1 aliphatic rings. The van der Waals surface area contributed by atoms with E-state index in [2.05, 4.69) is 11.4 Å². The Morgan fingerprint density at radius 2 is 1.85 bits per heavy atom. The third-order valence-electron chi connectivity index (χ3n) is 3.34. The predicted molar refractivity (Wildman–Crippen MR) is 82.7 cm³/mol. The predicted octanol–water partition coefficient (Wildman–Crippen LogP) is 4.09. The van der Waals surface area contributed by atoms with E-state index in [1.807, 2.05) is 30.3 Å². The molecule has 3 rings (SSSR count). The Labute approximate surface area is 128 Å². The summed E-state index contributed by atoms with van der Waals surface area (Å²) in [5, 5.41) is 4.72. The van der Waals surface area contributed by atoms with Crippen LogP contribution in [0.5, 0.6) is 5.75 Å². The molecule has 2 aromatic rings. The molecule has 4 heteroatoms. The monoisotopic (exact) mass is 307 g/mol. The molecule has 1 heterocycles. The van der Waals surface area contributed by atoms with E-state index in [0.29, 0.717) is 10.0 Å². The number of rotatable bonds is 4. The Morgan fingerprint density at radius 3 is 2.60 bits per heavy atom. The summed E-state index contributed by atoms with van der Waals surface area (Å²) in [6.45, 7) is 1.54. The third kappa shape index (κ3) is 3.26. The maximum absolute atomic E-state index is 5.98. The van der Waals surface area contributed by atoms with Gasteiger partial charge in [-0.15, -0.1) is 0 Å². The van der Waals surface area contributed by atoms with Crippen LogP contribution in [0.25, 0.3) is 0 Å². The van der Waals surface area contributed by atoms with E-state index in [4.69, 9.17) is 27.9 Å². The minimum atomic E-state index is 0.196. The lowest BCUT2D eigenvalue weighted by molar-refractivity contribution is 0.227. The molecule has 1 unspecified atom stereocenters. The summed E-state index contributed by atoms with van der Waals surface area (Å²) in [4.78, 5) is 0. The number of halogens is 2. The summed E-state index contributed by atoms with van der Waals surface area (Å²) in [6, 6.07) is 13.8. The Hall–Kier alpha value is -1.22. The maximum Gasteiger partial charge on any atom is 0.123 e. The van der Waals surface area contributed by atoms with Crippen molar-refractivity contribution in [3.63, 3.8) is 0 Å². The molecular weight excluding hydrogens is 293 g/mol. The molecule has 0 bridgehead atoms. The normalized spacial score (nSPS) is 16.8. The van der Waals surface area contributed by atoms with Crippen LogP contribution in [-0.2, 0) is 13.0 Å². The molecule has 0 fully saturated rings. The fourth-order valence-electron chi connectivity index (χ4n) is 2.46. The van der Waals surface area contributed by atoms with Crippen LogP contribution in [0.15, 0.2) is 42.5 Å². The number of hydrogen-bond acceptors (Lipinski definition) is 2. The molecule has 0 aliphatic carbocycles. The van der Waals surface area contributed by atoms with E-state index in [1.54, 1.807) is 6.07 Å². The van der Waals surface area contributed by atoms with Crippen LogP contribution in [0.1, 0.15) is 11.1 Å². The Bertz CT molecular complexity index is 570. The lowest BCUT2D eigenvalue weighted by Gasteiger charge is -2.12. The van der Waals surface area contributed by atoms with Crippen LogP contribution >= 0.6 is 23.2 Å². The lowest BCUT2D eigenvalue weighted by atomic mass is 10.1. The van der Waals surface area contributed by atoms with Crippen LogP contribution in [0, 0.1) is 0 Å². The van der Waals surface area contributed by atoms with E-state index in [9.17, 15) is 0 Å². The van der Waals surface area contributed by atoms with Gasteiger partial charge in [-0.2, -0.15) is 0 Å². The van der Waals surface area contributed by atoms with Gasteiger partial charge in [0.2, 0.25) is 0 Å². The molecular formula is C16H15Cl2NO. The van der Waals surface area contributed by atoms with Crippen LogP contribution in [-0.4, -0.2) is 12.6 Å². The number of benzene rings is 2. The minimum absolute atomic E-state index is 0.196. The van der Waals surface area contributed by atoms with Gasteiger partial charge in [0.15, 0.2) is 0 Å². The second-order valence-corrected chi connectivity index (χ2v) is 5.83. The van der Waals surface area contributed by atoms with Crippen molar-refractivity contribution in [1.82, 2.24) is 5.32 Å². The second kappa shape index (κ2) is 6.04. The fourth-order valence-corrected chi connectivity index (χ4v) is 3.03. The summed E-state index contributed by atoms with van der Waals surface area (Å²) in [5.74, 6) is 1.00. The van der Waals surface area contributed by atoms with E-state index >= 15 is 0 Å². The van der Waals surface area contributed by atoms with Gasteiger partial charge in [-0.25, -0.2) is 0 Å². The number of ether oxygens (including phenoxy) is 1. The van der Waals surface area contributed by atoms with Gasteiger partial charge in [-0.3, -0.25) is 0 Å². The molecule has 0 saturated carbocycles. The zero-order valence-electron chi connectivity index (χ0n) is 10.9. The highest BCUT2D eigenvalue weighted by atomic mass is 35.5. The van der Waals surface area contributed by atoms with Gasteiger partial charge >= 0.3 is 0 Å². The molecule has 0 saturated heterocycles. The summed E-state index contributed by atoms with van der Waals surface area (Å²) in [5.41, 5.74) is 2.36. The first-order valence-electron chi connectivity index (χ1n) is 6.61. The fraction of sp³-hybridized carbons (Fsp3) is 0.250. The quantitative estimate of drug-likeness (QED) is 0.918. The van der Waals surface area contributed by atoms with Crippen molar-refractivity contribution in [2.75, 3.05) is 6.54 Å². The van der Waals surface area contributed by atoms with E-state index in [0.717, 1.165) is 30.8 Å². The smallest absolute Gasteiger partial charge is 0.123 e. The van der Waals surface area contributed by atoms with E-state index < -0.39 is 0 Å². The topological polar surface area (TPSA) is 21.3 Å². The largest absolute Gasteiger partial charge is 0.488 e. The first-order valence-corrected chi connectivity index (χ1v) is 7.36. The maximum atomic E-state index is 5.98. The molecule has 1 N–H and O–H groups in total. The molecule has 2 nitrogen and oxygen atoms in total. The molecule has 0 radical (unpaired) electrons. The van der Waals surface area contributed by atoms with Crippen molar-refractivity contribution < 1.29 is 4.74 Å². The van der Waals surface area contributed by atoms with Crippen LogP contribution < -0.4 is 10.1 Å². The Balaban J connectivity index is 1.52. The highest BCUT2D eigenvalue weighted by Crippen LogP contribution is 2.27. The SMILES string of the molecule is Clc1cc(Cl)cc(CNCC2Cc3ccccc3O2)c1. The number of para-hydroxylation sites is 1. The van der Waals surface area contributed by atoms with Crippen molar-refractivity contribution in [3.8, 4) is 5.75 Å². The van der Waals surface area contributed by atoms with Crippen molar-refractivity contribution in [2.45, 2.75) is 19.1 Å². The first-order chi connectivity index (χ1) is 9.70. The van der Waals surface area contributed by atoms with Gasteiger partial charge in [0.05, 0.1) is 0 Å². The van der Waals surface area contributed by atoms with Crippen LogP contribution in [0.2, 0.25) is 10.0 Å². The number of nitrogens with one attached hydrogen (secondary N) is 1. The Kier molecular flexibility index (Phi) is 4.16. The van der Waals surface area contributed by atoms with Gasteiger partial charge < -0.3 is 10.1 Å². The highest BCUT2D eigenvalue weighted by molar-refractivity contribution is 6.34. The lowest BCUT2D eigenvalue weighted by Crippen LogP contribution is -2.29. The van der Waals surface area contributed by atoms with Gasteiger partial charge in [0.1, 0.15) is 11.9 Å². The number of fused-ring (bicyclic) bond motifs is 1.